The lowest BCUT2D eigenvalue weighted by molar-refractivity contribution is -0.121. The molecule has 0 fully saturated rings. The van der Waals surface area contributed by atoms with Crippen LogP contribution in [0.4, 0.5) is 0 Å². The second-order valence-corrected chi connectivity index (χ2v) is 6.77. The number of hydrogen-bond acceptors (Lipinski definition) is 4. The van der Waals surface area contributed by atoms with Crippen LogP contribution in [-0.2, 0) is 4.79 Å². The summed E-state index contributed by atoms with van der Waals surface area (Å²) in [5, 5.41) is 15.5. The number of benzene rings is 1. The van der Waals surface area contributed by atoms with Crippen LogP contribution >= 0.6 is 15.9 Å². The van der Waals surface area contributed by atoms with E-state index < -0.39 is 6.10 Å². The zero-order valence-electron chi connectivity index (χ0n) is 12.6. The van der Waals surface area contributed by atoms with Gasteiger partial charge < -0.3 is 20.5 Å². The van der Waals surface area contributed by atoms with Gasteiger partial charge in [0, 0.05) is 16.6 Å². The number of halogens is 1. The topological polar surface area (TPSA) is 70.6 Å². The summed E-state index contributed by atoms with van der Waals surface area (Å²) in [5.74, 6) is 0.594. The number of rotatable bonds is 7. The Morgan fingerprint density at radius 2 is 2.14 bits per heavy atom. The molecule has 0 aromatic heterocycles. The van der Waals surface area contributed by atoms with Gasteiger partial charge >= 0.3 is 0 Å². The second-order valence-electron chi connectivity index (χ2n) is 5.85. The Morgan fingerprint density at radius 1 is 1.43 bits per heavy atom. The number of aliphatic hydroxyl groups excluding tert-OH is 1. The third-order valence-electron chi connectivity index (χ3n) is 2.42. The normalized spacial score (nSPS) is 12.8. The molecular formula is C15H23BrN2O3. The predicted molar refractivity (Wildman–Crippen MR) is 86.4 cm³/mol. The molecule has 0 aliphatic rings. The molecule has 0 radical (unpaired) electrons. The van der Waals surface area contributed by atoms with E-state index in [1.807, 2.05) is 45.0 Å². The molecule has 0 spiro atoms. The van der Waals surface area contributed by atoms with E-state index in [2.05, 4.69) is 26.6 Å². The molecule has 118 valence electrons. The Balaban J connectivity index is 2.19. The van der Waals surface area contributed by atoms with Gasteiger partial charge in [0.05, 0.1) is 6.54 Å². The van der Waals surface area contributed by atoms with Crippen LogP contribution in [0.25, 0.3) is 0 Å². The first-order valence-corrected chi connectivity index (χ1v) is 7.64. The lowest BCUT2D eigenvalue weighted by Gasteiger charge is -2.21. The lowest BCUT2D eigenvalue weighted by Crippen LogP contribution is -2.46. The van der Waals surface area contributed by atoms with Crippen molar-refractivity contribution < 1.29 is 14.6 Å². The third-order valence-corrected chi connectivity index (χ3v) is 2.91. The molecule has 0 saturated heterocycles. The number of carbonyl (C=O) groups is 1. The molecule has 0 heterocycles. The van der Waals surface area contributed by atoms with Gasteiger partial charge in [0.2, 0.25) is 5.91 Å². The first kappa shape index (κ1) is 17.9. The summed E-state index contributed by atoms with van der Waals surface area (Å²) in [6, 6.07) is 7.41. The van der Waals surface area contributed by atoms with Gasteiger partial charge in [-0.3, -0.25) is 4.79 Å². The van der Waals surface area contributed by atoms with Gasteiger partial charge in [0.1, 0.15) is 18.5 Å². The molecule has 1 atom stereocenters. The van der Waals surface area contributed by atoms with Crippen LogP contribution in [0.15, 0.2) is 28.7 Å². The van der Waals surface area contributed by atoms with E-state index in [0.717, 1.165) is 4.47 Å². The smallest absolute Gasteiger partial charge is 0.234 e. The van der Waals surface area contributed by atoms with Crippen LogP contribution < -0.4 is 15.4 Å². The lowest BCUT2D eigenvalue weighted by atomic mass is 10.1. The summed E-state index contributed by atoms with van der Waals surface area (Å²) in [6.07, 6.45) is -0.675. The van der Waals surface area contributed by atoms with Gasteiger partial charge in [0.25, 0.3) is 0 Å². The average Bonchev–Trinajstić information content (AvgIpc) is 2.34. The fourth-order valence-electron chi connectivity index (χ4n) is 1.62. The number of hydrogen-bond donors (Lipinski definition) is 3. The van der Waals surface area contributed by atoms with Crippen LogP contribution in [0.1, 0.15) is 20.8 Å². The maximum Gasteiger partial charge on any atom is 0.234 e. The van der Waals surface area contributed by atoms with Crippen LogP contribution in [0.3, 0.4) is 0 Å². The Labute approximate surface area is 134 Å². The Bertz CT molecular complexity index is 460. The van der Waals surface area contributed by atoms with Crippen molar-refractivity contribution in [1.82, 2.24) is 10.6 Å². The molecule has 0 saturated carbocycles. The summed E-state index contributed by atoms with van der Waals surface area (Å²) in [5.41, 5.74) is -0.249. The minimum atomic E-state index is -0.675. The monoisotopic (exact) mass is 358 g/mol. The Morgan fingerprint density at radius 3 is 2.76 bits per heavy atom. The van der Waals surface area contributed by atoms with Gasteiger partial charge in [-0.15, -0.1) is 0 Å². The summed E-state index contributed by atoms with van der Waals surface area (Å²) < 4.78 is 6.39. The largest absolute Gasteiger partial charge is 0.491 e. The highest BCUT2D eigenvalue weighted by molar-refractivity contribution is 9.10. The zero-order chi connectivity index (χ0) is 15.9. The first-order chi connectivity index (χ1) is 9.76. The third kappa shape index (κ3) is 8.70. The van der Waals surface area contributed by atoms with Crippen molar-refractivity contribution >= 4 is 21.8 Å². The molecule has 1 aromatic carbocycles. The van der Waals surface area contributed by atoms with Crippen molar-refractivity contribution in [3.8, 4) is 5.75 Å². The zero-order valence-corrected chi connectivity index (χ0v) is 14.2. The summed E-state index contributed by atoms with van der Waals surface area (Å²) in [6.45, 7) is 6.41. The van der Waals surface area contributed by atoms with Crippen LogP contribution in [-0.4, -0.2) is 42.4 Å². The summed E-state index contributed by atoms with van der Waals surface area (Å²) in [4.78, 5) is 11.6. The highest BCUT2D eigenvalue weighted by Crippen LogP contribution is 2.17. The first-order valence-electron chi connectivity index (χ1n) is 6.84. The van der Waals surface area contributed by atoms with E-state index in [1.165, 1.54) is 0 Å². The Hall–Kier alpha value is -1.11. The van der Waals surface area contributed by atoms with Gasteiger partial charge in [-0.2, -0.15) is 0 Å². The van der Waals surface area contributed by atoms with Gasteiger partial charge in [-0.05, 0) is 39.0 Å². The number of amides is 1. The molecule has 0 bridgehead atoms. The highest BCUT2D eigenvalue weighted by atomic mass is 79.9. The van der Waals surface area contributed by atoms with Gasteiger partial charge in [-0.1, -0.05) is 22.0 Å². The van der Waals surface area contributed by atoms with Crippen molar-refractivity contribution in [3.05, 3.63) is 28.7 Å². The maximum absolute atomic E-state index is 11.6. The SMILES string of the molecule is CC(C)(C)NC(=O)CNCC(O)COc1cccc(Br)c1. The van der Waals surface area contributed by atoms with E-state index in [4.69, 9.17) is 4.74 Å². The fraction of sp³-hybridized carbons (Fsp3) is 0.533. The molecule has 1 unspecified atom stereocenters. The number of ether oxygens (including phenoxy) is 1. The Kier molecular flexibility index (Phi) is 7.14. The molecular weight excluding hydrogens is 336 g/mol. The van der Waals surface area contributed by atoms with Crippen molar-refractivity contribution in [3.63, 3.8) is 0 Å². The van der Waals surface area contributed by atoms with Crippen LogP contribution in [0.2, 0.25) is 0 Å². The number of carbonyl (C=O) groups excluding carboxylic acids is 1. The molecule has 1 rings (SSSR count). The molecule has 3 N–H and O–H groups in total. The quantitative estimate of drug-likeness (QED) is 0.693. The van der Waals surface area contributed by atoms with E-state index >= 15 is 0 Å². The van der Waals surface area contributed by atoms with Crippen molar-refractivity contribution in [2.45, 2.75) is 32.4 Å². The minimum absolute atomic E-state index is 0.0948. The second kappa shape index (κ2) is 8.36. The fourth-order valence-corrected chi connectivity index (χ4v) is 2.00. The molecule has 1 aromatic rings. The number of aliphatic hydroxyl groups is 1. The molecule has 1 amide bonds. The van der Waals surface area contributed by atoms with Gasteiger partial charge in [-0.25, -0.2) is 0 Å². The standard InChI is InChI=1S/C15H23BrN2O3/c1-15(2,3)18-14(20)9-17-8-12(19)10-21-13-6-4-5-11(16)7-13/h4-7,12,17,19H,8-10H2,1-3H3,(H,18,20). The van der Waals surface area contributed by atoms with E-state index in [9.17, 15) is 9.90 Å². The maximum atomic E-state index is 11.6. The highest BCUT2D eigenvalue weighted by Gasteiger charge is 2.13. The van der Waals surface area contributed by atoms with Crippen LogP contribution in [0, 0.1) is 0 Å². The molecule has 5 nitrogen and oxygen atoms in total. The van der Waals surface area contributed by atoms with Crippen molar-refractivity contribution in [2.24, 2.45) is 0 Å². The van der Waals surface area contributed by atoms with Crippen molar-refractivity contribution in [1.29, 1.82) is 0 Å². The summed E-state index contributed by atoms with van der Waals surface area (Å²) >= 11 is 3.35. The number of nitrogens with one attached hydrogen (secondary N) is 2. The molecule has 0 aliphatic carbocycles. The van der Waals surface area contributed by atoms with E-state index in [-0.39, 0.29) is 24.6 Å². The molecule has 21 heavy (non-hydrogen) atoms. The predicted octanol–water partition coefficient (Wildman–Crippen LogP) is 1.69. The average molecular weight is 359 g/mol. The van der Waals surface area contributed by atoms with E-state index in [0.29, 0.717) is 12.3 Å². The van der Waals surface area contributed by atoms with Crippen LogP contribution in [0.5, 0.6) is 5.75 Å². The molecule has 0 aliphatic heterocycles. The molecule has 6 heteroatoms. The minimum Gasteiger partial charge on any atom is -0.491 e. The van der Waals surface area contributed by atoms with E-state index in [1.54, 1.807) is 0 Å². The summed E-state index contributed by atoms with van der Waals surface area (Å²) in [7, 11) is 0. The van der Waals surface area contributed by atoms with Crippen molar-refractivity contribution in [2.75, 3.05) is 19.7 Å². The van der Waals surface area contributed by atoms with Gasteiger partial charge in [0.15, 0.2) is 0 Å².